The minimum Gasteiger partial charge on any atom is -0.378 e. The molecule has 2 saturated heterocycles. The highest BCUT2D eigenvalue weighted by molar-refractivity contribution is 6.25. The van der Waals surface area contributed by atoms with Gasteiger partial charge in [-0.15, -0.1) is 0 Å². The minimum absolute atomic E-state index is 0.121. The molecular formula is C27H27N3O5. The Balaban J connectivity index is 1.37. The summed E-state index contributed by atoms with van der Waals surface area (Å²) in [7, 11) is 0. The SMILES string of the molecule is CC1=CC[C@H]2C(=O)N(c3ccccc3C(=O)Nc3cccc(C(=O)N4CCOCC4)c3)C(=O)[C@@H]2C1. The van der Waals surface area contributed by atoms with Crippen LogP contribution in [-0.4, -0.2) is 54.8 Å². The van der Waals surface area contributed by atoms with E-state index in [0.717, 1.165) is 5.57 Å². The molecule has 8 heteroatoms. The summed E-state index contributed by atoms with van der Waals surface area (Å²) in [6.45, 7) is 4.03. The number of benzene rings is 2. The molecule has 2 atom stereocenters. The smallest absolute Gasteiger partial charge is 0.257 e. The van der Waals surface area contributed by atoms with Crippen molar-refractivity contribution >= 4 is 35.0 Å². The zero-order valence-electron chi connectivity index (χ0n) is 19.5. The second-order valence-corrected chi connectivity index (χ2v) is 9.17. The molecule has 0 radical (unpaired) electrons. The number of carbonyl (C=O) groups excluding carboxylic acids is 4. The van der Waals surface area contributed by atoms with Gasteiger partial charge in [-0.3, -0.25) is 19.2 Å². The van der Waals surface area contributed by atoms with E-state index in [1.807, 2.05) is 13.0 Å². The lowest BCUT2D eigenvalue weighted by molar-refractivity contribution is -0.122. The summed E-state index contributed by atoms with van der Waals surface area (Å²) in [5.41, 5.74) is 2.54. The van der Waals surface area contributed by atoms with Gasteiger partial charge in [-0.25, -0.2) is 4.90 Å². The van der Waals surface area contributed by atoms with Gasteiger partial charge >= 0.3 is 0 Å². The number of nitrogens with one attached hydrogen (secondary N) is 1. The average molecular weight is 474 g/mol. The maximum absolute atomic E-state index is 13.3. The third-order valence-corrected chi connectivity index (χ3v) is 6.88. The van der Waals surface area contributed by atoms with Gasteiger partial charge in [-0.2, -0.15) is 0 Å². The third kappa shape index (κ3) is 4.37. The Morgan fingerprint density at radius 3 is 2.51 bits per heavy atom. The number of amides is 4. The first-order chi connectivity index (χ1) is 16.9. The highest BCUT2D eigenvalue weighted by atomic mass is 16.5. The van der Waals surface area contributed by atoms with Crippen molar-refractivity contribution in [3.63, 3.8) is 0 Å². The number of para-hydroxylation sites is 1. The molecule has 0 unspecified atom stereocenters. The van der Waals surface area contributed by atoms with E-state index in [0.29, 0.717) is 50.4 Å². The lowest BCUT2D eigenvalue weighted by atomic mass is 9.82. The zero-order valence-corrected chi connectivity index (χ0v) is 19.5. The second-order valence-electron chi connectivity index (χ2n) is 9.17. The van der Waals surface area contributed by atoms with Gasteiger partial charge < -0.3 is 15.0 Å². The fraction of sp³-hybridized carbons (Fsp3) is 0.333. The van der Waals surface area contributed by atoms with Crippen LogP contribution in [0.4, 0.5) is 11.4 Å². The van der Waals surface area contributed by atoms with Crippen molar-refractivity contribution in [1.29, 1.82) is 0 Å². The number of fused-ring (bicyclic) bond motifs is 1. The number of hydrogen-bond donors (Lipinski definition) is 1. The van der Waals surface area contributed by atoms with Crippen LogP contribution in [0.15, 0.2) is 60.2 Å². The van der Waals surface area contributed by atoms with Crippen molar-refractivity contribution in [2.75, 3.05) is 36.5 Å². The molecule has 2 fully saturated rings. The van der Waals surface area contributed by atoms with E-state index in [2.05, 4.69) is 5.32 Å². The summed E-state index contributed by atoms with van der Waals surface area (Å²) in [6, 6.07) is 13.4. The number of anilines is 2. The lowest BCUT2D eigenvalue weighted by Crippen LogP contribution is -2.40. The quantitative estimate of drug-likeness (QED) is 0.543. The Hall–Kier alpha value is -3.78. The summed E-state index contributed by atoms with van der Waals surface area (Å²) in [6.07, 6.45) is 3.11. The summed E-state index contributed by atoms with van der Waals surface area (Å²) in [5, 5.41) is 2.83. The Bertz CT molecular complexity index is 1230. The predicted octanol–water partition coefficient (Wildman–Crippen LogP) is 3.26. The van der Waals surface area contributed by atoms with Gasteiger partial charge in [0.15, 0.2) is 0 Å². The van der Waals surface area contributed by atoms with Crippen molar-refractivity contribution in [3.05, 3.63) is 71.3 Å². The maximum atomic E-state index is 13.3. The molecule has 0 bridgehead atoms. The molecule has 2 aromatic carbocycles. The molecule has 3 aliphatic rings. The van der Waals surface area contributed by atoms with Crippen LogP contribution >= 0.6 is 0 Å². The molecule has 1 N–H and O–H groups in total. The molecule has 5 rings (SSSR count). The highest BCUT2D eigenvalue weighted by Gasteiger charge is 2.49. The Kier molecular flexibility index (Phi) is 6.21. The van der Waals surface area contributed by atoms with E-state index in [1.165, 1.54) is 4.90 Å². The molecule has 0 saturated carbocycles. The van der Waals surface area contributed by atoms with Gasteiger partial charge in [0.1, 0.15) is 0 Å². The summed E-state index contributed by atoms with van der Waals surface area (Å²) in [5.74, 6) is -1.87. The molecular weight excluding hydrogens is 446 g/mol. The van der Waals surface area contributed by atoms with E-state index in [4.69, 9.17) is 4.74 Å². The Labute approximate surface area is 203 Å². The van der Waals surface area contributed by atoms with Crippen LogP contribution in [0.5, 0.6) is 0 Å². The largest absolute Gasteiger partial charge is 0.378 e. The third-order valence-electron chi connectivity index (χ3n) is 6.88. The van der Waals surface area contributed by atoms with Gasteiger partial charge in [0.05, 0.1) is 36.3 Å². The predicted molar refractivity (Wildman–Crippen MR) is 130 cm³/mol. The second kappa shape index (κ2) is 9.46. The van der Waals surface area contributed by atoms with Crippen LogP contribution in [0.3, 0.4) is 0 Å². The van der Waals surface area contributed by atoms with E-state index in [9.17, 15) is 19.2 Å². The van der Waals surface area contributed by atoms with Gasteiger partial charge in [0, 0.05) is 24.3 Å². The number of rotatable bonds is 4. The van der Waals surface area contributed by atoms with E-state index in [-0.39, 0.29) is 40.8 Å². The fourth-order valence-electron chi connectivity index (χ4n) is 5.01. The number of morpholine rings is 1. The van der Waals surface area contributed by atoms with Crippen LogP contribution < -0.4 is 10.2 Å². The molecule has 8 nitrogen and oxygen atoms in total. The lowest BCUT2D eigenvalue weighted by Gasteiger charge is -2.27. The molecule has 0 spiro atoms. The number of nitrogens with zero attached hydrogens (tertiary/aromatic N) is 2. The molecule has 180 valence electrons. The number of imide groups is 1. The molecule has 2 heterocycles. The van der Waals surface area contributed by atoms with Crippen molar-refractivity contribution in [1.82, 2.24) is 4.90 Å². The topological polar surface area (TPSA) is 96.0 Å². The Morgan fingerprint density at radius 1 is 0.971 bits per heavy atom. The van der Waals surface area contributed by atoms with E-state index < -0.39 is 5.91 Å². The first kappa shape index (κ1) is 23.0. The first-order valence-corrected chi connectivity index (χ1v) is 11.8. The molecule has 2 aliphatic heterocycles. The molecule has 35 heavy (non-hydrogen) atoms. The molecule has 4 amide bonds. The average Bonchev–Trinajstić information content (AvgIpc) is 3.13. The highest BCUT2D eigenvalue weighted by Crippen LogP contribution is 2.40. The van der Waals surface area contributed by atoms with Gasteiger partial charge in [-0.05, 0) is 50.1 Å². The van der Waals surface area contributed by atoms with Crippen LogP contribution in [-0.2, 0) is 14.3 Å². The summed E-state index contributed by atoms with van der Waals surface area (Å²) in [4.78, 5) is 55.3. The number of hydrogen-bond acceptors (Lipinski definition) is 5. The molecule has 1 aliphatic carbocycles. The van der Waals surface area contributed by atoms with Gasteiger partial charge in [0.2, 0.25) is 11.8 Å². The van der Waals surface area contributed by atoms with Crippen molar-refractivity contribution in [2.45, 2.75) is 19.8 Å². The van der Waals surface area contributed by atoms with Crippen molar-refractivity contribution in [3.8, 4) is 0 Å². The first-order valence-electron chi connectivity index (χ1n) is 11.8. The van der Waals surface area contributed by atoms with Crippen LogP contribution in [0.2, 0.25) is 0 Å². The summed E-state index contributed by atoms with van der Waals surface area (Å²) >= 11 is 0. The summed E-state index contributed by atoms with van der Waals surface area (Å²) < 4.78 is 5.31. The van der Waals surface area contributed by atoms with Crippen molar-refractivity contribution < 1.29 is 23.9 Å². The maximum Gasteiger partial charge on any atom is 0.257 e. The Morgan fingerprint density at radius 2 is 1.71 bits per heavy atom. The number of carbonyl (C=O) groups is 4. The van der Waals surface area contributed by atoms with Crippen LogP contribution in [0.25, 0.3) is 0 Å². The number of ether oxygens (including phenoxy) is 1. The van der Waals surface area contributed by atoms with Gasteiger partial charge in [0.25, 0.3) is 11.8 Å². The molecule has 2 aromatic rings. The normalized spacial score (nSPS) is 22.0. The number of allylic oxidation sites excluding steroid dienone is 2. The van der Waals surface area contributed by atoms with E-state index >= 15 is 0 Å². The monoisotopic (exact) mass is 473 g/mol. The standard InChI is InChI=1S/C27H27N3O5/c1-17-9-10-20-22(15-17)27(34)30(26(20)33)23-8-3-2-7-21(23)24(31)28-19-6-4-5-18(16-19)25(32)29-11-13-35-14-12-29/h2-9,16,20,22H,10-15H2,1H3,(H,28,31)/t20-,22-/m1/s1. The van der Waals surface area contributed by atoms with Gasteiger partial charge in [-0.1, -0.05) is 29.8 Å². The van der Waals surface area contributed by atoms with Crippen molar-refractivity contribution in [2.24, 2.45) is 11.8 Å². The fourth-order valence-corrected chi connectivity index (χ4v) is 5.01. The van der Waals surface area contributed by atoms with Crippen LogP contribution in [0, 0.1) is 11.8 Å². The van der Waals surface area contributed by atoms with E-state index in [1.54, 1.807) is 53.4 Å². The zero-order chi connectivity index (χ0) is 24.5. The molecule has 0 aromatic heterocycles. The van der Waals surface area contributed by atoms with Crippen LogP contribution in [0.1, 0.15) is 40.5 Å². The minimum atomic E-state index is -0.457.